The van der Waals surface area contributed by atoms with Crippen molar-refractivity contribution in [2.24, 2.45) is 0 Å². The van der Waals surface area contributed by atoms with Crippen molar-refractivity contribution in [2.45, 2.75) is 57.7 Å². The Morgan fingerprint density at radius 1 is 1.16 bits per heavy atom. The van der Waals surface area contributed by atoms with Gasteiger partial charge in [0.15, 0.2) is 0 Å². The third kappa shape index (κ3) is 2.06. The number of hydrogen-bond acceptors (Lipinski definition) is 2. The Kier molecular flexibility index (Phi) is 3.09. The molecule has 3 nitrogen and oxygen atoms in total. The highest BCUT2D eigenvalue weighted by atomic mass is 16.3. The number of carbonyl (C=O) groups excluding carboxylic acids is 1. The molecule has 2 aliphatic heterocycles. The van der Waals surface area contributed by atoms with Gasteiger partial charge in [0.1, 0.15) is 0 Å². The largest absolute Gasteiger partial charge is 0.393 e. The highest BCUT2D eigenvalue weighted by Crippen LogP contribution is 2.37. The van der Waals surface area contributed by atoms with E-state index in [2.05, 4.69) is 0 Å². The fraction of sp³-hybridized carbons (Fsp3) is 0.562. The van der Waals surface area contributed by atoms with Crippen LogP contribution in [-0.4, -0.2) is 34.1 Å². The van der Waals surface area contributed by atoms with Gasteiger partial charge in [-0.15, -0.1) is 0 Å². The van der Waals surface area contributed by atoms with Gasteiger partial charge in [-0.2, -0.15) is 0 Å². The van der Waals surface area contributed by atoms with Gasteiger partial charge in [0, 0.05) is 17.6 Å². The maximum absolute atomic E-state index is 12.9. The van der Waals surface area contributed by atoms with E-state index in [1.165, 1.54) is 0 Å². The average Bonchev–Trinajstić information content (AvgIpc) is 2.61. The Hall–Kier alpha value is -1.35. The van der Waals surface area contributed by atoms with Crippen molar-refractivity contribution in [1.29, 1.82) is 0 Å². The van der Waals surface area contributed by atoms with Crippen molar-refractivity contribution in [3.05, 3.63) is 34.9 Å². The van der Waals surface area contributed by atoms with Crippen molar-refractivity contribution < 1.29 is 9.90 Å². The molecule has 2 saturated heterocycles. The van der Waals surface area contributed by atoms with Crippen molar-refractivity contribution >= 4 is 5.91 Å². The van der Waals surface area contributed by atoms with Crippen LogP contribution in [0.1, 0.15) is 47.2 Å². The minimum Gasteiger partial charge on any atom is -0.393 e. The number of aryl methyl sites for hydroxylation is 2. The minimum atomic E-state index is -0.223. The van der Waals surface area contributed by atoms with Crippen LogP contribution < -0.4 is 0 Å². The lowest BCUT2D eigenvalue weighted by atomic mass is 9.96. The van der Waals surface area contributed by atoms with Crippen LogP contribution >= 0.6 is 0 Å². The molecule has 1 amide bonds. The molecule has 3 rings (SSSR count). The number of fused-ring (bicyclic) bond motifs is 2. The van der Waals surface area contributed by atoms with Crippen molar-refractivity contribution in [1.82, 2.24) is 4.90 Å². The molecule has 1 N–H and O–H groups in total. The van der Waals surface area contributed by atoms with Crippen LogP contribution in [0.4, 0.5) is 0 Å². The number of aliphatic hydroxyl groups is 1. The Morgan fingerprint density at radius 2 is 1.68 bits per heavy atom. The first kappa shape index (κ1) is 12.7. The summed E-state index contributed by atoms with van der Waals surface area (Å²) < 4.78 is 0. The first-order valence-electron chi connectivity index (χ1n) is 7.15. The lowest BCUT2D eigenvalue weighted by Crippen LogP contribution is -2.48. The van der Waals surface area contributed by atoms with Gasteiger partial charge in [-0.1, -0.05) is 18.2 Å². The van der Waals surface area contributed by atoms with E-state index in [-0.39, 0.29) is 24.1 Å². The zero-order valence-corrected chi connectivity index (χ0v) is 11.6. The molecule has 102 valence electrons. The predicted molar refractivity (Wildman–Crippen MR) is 74.1 cm³/mol. The number of hydrogen-bond donors (Lipinski definition) is 1. The Balaban J connectivity index is 1.93. The van der Waals surface area contributed by atoms with Gasteiger partial charge in [-0.05, 0) is 50.7 Å². The number of amides is 1. The highest BCUT2D eigenvalue weighted by molar-refractivity contribution is 5.97. The Bertz CT molecular complexity index is 477. The molecule has 2 unspecified atom stereocenters. The third-order valence-corrected chi connectivity index (χ3v) is 4.64. The number of nitrogens with zero attached hydrogens (tertiary/aromatic N) is 1. The van der Waals surface area contributed by atoms with E-state index in [0.717, 1.165) is 42.4 Å². The zero-order valence-electron chi connectivity index (χ0n) is 11.6. The topological polar surface area (TPSA) is 40.5 Å². The molecule has 2 bridgehead atoms. The van der Waals surface area contributed by atoms with Crippen molar-refractivity contribution in [3.63, 3.8) is 0 Å². The molecule has 2 aliphatic rings. The van der Waals surface area contributed by atoms with Gasteiger partial charge < -0.3 is 10.0 Å². The molecule has 0 radical (unpaired) electrons. The molecule has 1 aromatic rings. The molecule has 2 fully saturated rings. The summed E-state index contributed by atoms with van der Waals surface area (Å²) in [7, 11) is 0. The average molecular weight is 259 g/mol. The van der Waals surface area contributed by atoms with Crippen LogP contribution in [0, 0.1) is 13.8 Å². The van der Waals surface area contributed by atoms with Gasteiger partial charge in [0.2, 0.25) is 0 Å². The summed E-state index contributed by atoms with van der Waals surface area (Å²) in [5, 5.41) is 9.83. The van der Waals surface area contributed by atoms with E-state index in [1.54, 1.807) is 0 Å². The summed E-state index contributed by atoms with van der Waals surface area (Å²) in [6, 6.07) is 6.47. The summed E-state index contributed by atoms with van der Waals surface area (Å²) in [4.78, 5) is 14.9. The van der Waals surface area contributed by atoms with Crippen LogP contribution in [0.3, 0.4) is 0 Å². The molecular formula is C16H21NO2. The first-order valence-corrected chi connectivity index (χ1v) is 7.15. The summed E-state index contributed by atoms with van der Waals surface area (Å²) in [5.74, 6) is 0.162. The van der Waals surface area contributed by atoms with Gasteiger partial charge in [-0.3, -0.25) is 4.79 Å². The second-order valence-corrected chi connectivity index (χ2v) is 5.99. The molecule has 1 aromatic carbocycles. The SMILES string of the molecule is Cc1cccc(C)c1C(=O)N1C2CCC1CC(O)C2. The molecule has 2 heterocycles. The van der Waals surface area contributed by atoms with Crippen LogP contribution in [0.2, 0.25) is 0 Å². The summed E-state index contributed by atoms with van der Waals surface area (Å²) in [5.41, 5.74) is 2.96. The monoisotopic (exact) mass is 259 g/mol. The Morgan fingerprint density at radius 3 is 2.21 bits per heavy atom. The smallest absolute Gasteiger partial charge is 0.254 e. The van der Waals surface area contributed by atoms with E-state index in [9.17, 15) is 9.90 Å². The summed E-state index contributed by atoms with van der Waals surface area (Å²) in [6.45, 7) is 4.00. The molecule has 0 spiro atoms. The molecule has 0 aliphatic carbocycles. The fourth-order valence-electron chi connectivity index (χ4n) is 3.76. The Labute approximate surface area is 114 Å². The van der Waals surface area contributed by atoms with E-state index in [0.29, 0.717) is 0 Å². The standard InChI is InChI=1S/C16H21NO2/c1-10-4-3-5-11(2)15(10)16(19)17-12-6-7-13(17)9-14(18)8-12/h3-5,12-14,18H,6-9H2,1-2H3. The van der Waals surface area contributed by atoms with Crippen LogP contribution in [0.25, 0.3) is 0 Å². The number of rotatable bonds is 1. The molecule has 0 aromatic heterocycles. The zero-order chi connectivity index (χ0) is 13.6. The minimum absolute atomic E-state index is 0.162. The molecular weight excluding hydrogens is 238 g/mol. The van der Waals surface area contributed by atoms with E-state index < -0.39 is 0 Å². The van der Waals surface area contributed by atoms with Crippen LogP contribution in [0.15, 0.2) is 18.2 Å². The fourth-order valence-corrected chi connectivity index (χ4v) is 3.76. The normalized spacial score (nSPS) is 29.6. The first-order chi connectivity index (χ1) is 9.08. The van der Waals surface area contributed by atoms with Crippen LogP contribution in [0.5, 0.6) is 0 Å². The molecule has 2 atom stereocenters. The second kappa shape index (κ2) is 4.64. The van der Waals surface area contributed by atoms with Gasteiger partial charge >= 0.3 is 0 Å². The quantitative estimate of drug-likeness (QED) is 0.841. The number of carbonyl (C=O) groups is 1. The van der Waals surface area contributed by atoms with E-state index in [1.807, 2.05) is 36.9 Å². The van der Waals surface area contributed by atoms with Gasteiger partial charge in [0.25, 0.3) is 5.91 Å². The third-order valence-electron chi connectivity index (χ3n) is 4.64. The molecule has 0 saturated carbocycles. The lowest BCUT2D eigenvalue weighted by Gasteiger charge is -2.37. The predicted octanol–water partition coefficient (Wildman–Crippen LogP) is 2.43. The van der Waals surface area contributed by atoms with Crippen LogP contribution in [-0.2, 0) is 0 Å². The number of aliphatic hydroxyl groups excluding tert-OH is 1. The number of piperidine rings is 1. The summed E-state index contributed by atoms with van der Waals surface area (Å²) in [6.07, 6.45) is 3.34. The summed E-state index contributed by atoms with van der Waals surface area (Å²) >= 11 is 0. The van der Waals surface area contributed by atoms with Crippen molar-refractivity contribution in [2.75, 3.05) is 0 Å². The molecule has 19 heavy (non-hydrogen) atoms. The highest BCUT2D eigenvalue weighted by Gasteiger charge is 2.43. The maximum Gasteiger partial charge on any atom is 0.254 e. The van der Waals surface area contributed by atoms with E-state index >= 15 is 0 Å². The lowest BCUT2D eigenvalue weighted by molar-refractivity contribution is 0.0286. The van der Waals surface area contributed by atoms with E-state index in [4.69, 9.17) is 0 Å². The maximum atomic E-state index is 12.9. The van der Waals surface area contributed by atoms with Gasteiger partial charge in [-0.25, -0.2) is 0 Å². The molecule has 3 heteroatoms. The van der Waals surface area contributed by atoms with Gasteiger partial charge in [0.05, 0.1) is 6.10 Å². The number of benzene rings is 1. The second-order valence-electron chi connectivity index (χ2n) is 5.99. The van der Waals surface area contributed by atoms with Crippen molar-refractivity contribution in [3.8, 4) is 0 Å².